The zero-order valence-electron chi connectivity index (χ0n) is 6.64. The Balaban J connectivity index is 2.45. The van der Waals surface area contributed by atoms with Crippen LogP contribution in [0.1, 0.15) is 5.56 Å². The van der Waals surface area contributed by atoms with E-state index in [1.807, 2.05) is 6.07 Å². The Morgan fingerprint density at radius 1 is 1.08 bits per heavy atom. The Kier molecular flexibility index (Phi) is 1.66. The maximum atomic E-state index is 10.7. The number of hydrogen-bond acceptors (Lipinski definition) is 1. The summed E-state index contributed by atoms with van der Waals surface area (Å²) in [5, 5.41) is 9.21. The van der Waals surface area contributed by atoms with Crippen molar-refractivity contribution in [3.05, 3.63) is 35.9 Å². The van der Waals surface area contributed by atoms with Crippen LogP contribution in [-0.4, -0.2) is 22.7 Å². The fourth-order valence-electron chi connectivity index (χ4n) is 1.10. The Morgan fingerprint density at radius 3 is 2.31 bits per heavy atom. The molecule has 4 nitrogen and oxygen atoms in total. The van der Waals surface area contributed by atoms with Crippen LogP contribution in [0.2, 0.25) is 0 Å². The van der Waals surface area contributed by atoms with Crippen molar-refractivity contribution >= 4 is 17.6 Å². The largest absolute Gasteiger partial charge is 0.492 e. The molecule has 0 atom stereocenters. The highest BCUT2D eigenvalue weighted by molar-refractivity contribution is 6.49. The zero-order chi connectivity index (χ0) is 9.26. The lowest BCUT2D eigenvalue weighted by Crippen LogP contribution is -2.10. The van der Waals surface area contributed by atoms with Crippen molar-refractivity contribution in [2.24, 2.45) is 9.98 Å². The molecule has 2 amide bonds. The van der Waals surface area contributed by atoms with Crippen molar-refractivity contribution in [3.63, 3.8) is 0 Å². The van der Waals surface area contributed by atoms with E-state index in [0.29, 0.717) is 5.56 Å². The van der Waals surface area contributed by atoms with Gasteiger partial charge in [0.1, 0.15) is 5.71 Å². The second-order valence-electron chi connectivity index (χ2n) is 2.54. The van der Waals surface area contributed by atoms with Crippen molar-refractivity contribution in [1.29, 1.82) is 0 Å². The van der Waals surface area contributed by atoms with E-state index < -0.39 is 6.03 Å². The summed E-state index contributed by atoms with van der Waals surface area (Å²) in [5.74, 6) is -0.309. The molecule has 1 heterocycles. The van der Waals surface area contributed by atoms with Gasteiger partial charge in [0, 0.05) is 5.56 Å². The van der Waals surface area contributed by atoms with E-state index in [1.165, 1.54) is 0 Å². The molecule has 1 aliphatic rings. The van der Waals surface area contributed by atoms with Crippen LogP contribution >= 0.6 is 0 Å². The van der Waals surface area contributed by atoms with E-state index in [4.69, 9.17) is 0 Å². The third-order valence-electron chi connectivity index (χ3n) is 1.67. The maximum absolute atomic E-state index is 10.7. The van der Waals surface area contributed by atoms with E-state index in [0.717, 1.165) is 0 Å². The Bertz CT molecular complexity index is 407. The molecule has 0 aromatic heterocycles. The Labute approximate surface area is 74.3 Å². The van der Waals surface area contributed by atoms with Gasteiger partial charge in [0.2, 0.25) is 5.90 Å². The SMILES string of the molecule is O=C1N=C(O)C(c2ccccc2)=N1. The third-order valence-corrected chi connectivity index (χ3v) is 1.67. The number of amides is 2. The molecule has 0 radical (unpaired) electrons. The molecule has 0 saturated heterocycles. The average Bonchev–Trinajstić information content (AvgIpc) is 2.47. The van der Waals surface area contributed by atoms with Crippen molar-refractivity contribution in [2.75, 3.05) is 0 Å². The number of aliphatic imine (C=N–C) groups is 2. The van der Waals surface area contributed by atoms with Crippen molar-refractivity contribution in [1.82, 2.24) is 0 Å². The second kappa shape index (κ2) is 2.82. The van der Waals surface area contributed by atoms with Crippen molar-refractivity contribution < 1.29 is 9.90 Å². The number of aliphatic hydroxyl groups is 1. The monoisotopic (exact) mass is 174 g/mol. The molecule has 0 fully saturated rings. The standard InChI is InChI=1S/C9H6N2O2/c12-8-7(10-9(13)11-8)6-4-2-1-3-5-6/h1-5H,(H,11,12,13). The minimum absolute atomic E-state index is 0.241. The molecule has 1 aromatic carbocycles. The summed E-state index contributed by atoms with van der Waals surface area (Å²) in [6.45, 7) is 0. The van der Waals surface area contributed by atoms with Gasteiger partial charge in [-0.15, -0.1) is 0 Å². The topological polar surface area (TPSA) is 62.0 Å². The second-order valence-corrected chi connectivity index (χ2v) is 2.54. The van der Waals surface area contributed by atoms with Gasteiger partial charge in [0.15, 0.2) is 0 Å². The molecule has 1 aliphatic heterocycles. The van der Waals surface area contributed by atoms with Gasteiger partial charge in [-0.1, -0.05) is 30.3 Å². The molecule has 0 bridgehead atoms. The number of nitrogens with zero attached hydrogens (tertiary/aromatic N) is 2. The number of urea groups is 1. The quantitative estimate of drug-likeness (QED) is 0.702. The molecule has 0 saturated carbocycles. The van der Waals surface area contributed by atoms with Gasteiger partial charge >= 0.3 is 6.03 Å². The molecule has 4 heteroatoms. The number of rotatable bonds is 1. The van der Waals surface area contributed by atoms with Crippen LogP contribution in [0.25, 0.3) is 0 Å². The summed E-state index contributed by atoms with van der Waals surface area (Å²) in [7, 11) is 0. The number of benzene rings is 1. The minimum atomic E-state index is -0.656. The van der Waals surface area contributed by atoms with Crippen LogP contribution < -0.4 is 0 Å². The van der Waals surface area contributed by atoms with Crippen LogP contribution in [-0.2, 0) is 0 Å². The minimum Gasteiger partial charge on any atom is -0.492 e. The molecule has 0 spiro atoms. The van der Waals surface area contributed by atoms with Crippen LogP contribution in [0.5, 0.6) is 0 Å². The number of hydrogen-bond donors (Lipinski definition) is 1. The first-order chi connectivity index (χ1) is 6.27. The van der Waals surface area contributed by atoms with E-state index in [9.17, 15) is 9.90 Å². The third kappa shape index (κ3) is 1.33. The normalized spacial score (nSPS) is 15.5. The summed E-state index contributed by atoms with van der Waals surface area (Å²) in [4.78, 5) is 17.5. The highest BCUT2D eigenvalue weighted by atomic mass is 16.3. The highest BCUT2D eigenvalue weighted by Gasteiger charge is 2.19. The molecule has 0 aliphatic carbocycles. The lowest BCUT2D eigenvalue weighted by atomic mass is 10.1. The Morgan fingerprint density at radius 2 is 1.77 bits per heavy atom. The highest BCUT2D eigenvalue weighted by Crippen LogP contribution is 2.07. The lowest BCUT2D eigenvalue weighted by Gasteiger charge is -1.96. The summed E-state index contributed by atoms with van der Waals surface area (Å²) >= 11 is 0. The number of aliphatic hydroxyl groups excluding tert-OH is 1. The fourth-order valence-corrected chi connectivity index (χ4v) is 1.10. The first kappa shape index (κ1) is 7.67. The van der Waals surface area contributed by atoms with Gasteiger partial charge in [-0.3, -0.25) is 0 Å². The summed E-state index contributed by atoms with van der Waals surface area (Å²) < 4.78 is 0. The van der Waals surface area contributed by atoms with Gasteiger partial charge in [0.25, 0.3) is 0 Å². The first-order valence-electron chi connectivity index (χ1n) is 3.73. The summed E-state index contributed by atoms with van der Waals surface area (Å²) in [5.41, 5.74) is 0.931. The predicted octanol–water partition coefficient (Wildman–Crippen LogP) is 1.57. The van der Waals surface area contributed by atoms with Gasteiger partial charge in [-0.2, -0.15) is 9.98 Å². The lowest BCUT2D eigenvalue weighted by molar-refractivity contribution is 0.257. The molecule has 64 valence electrons. The molecule has 2 rings (SSSR count). The molecule has 1 N–H and O–H groups in total. The van der Waals surface area contributed by atoms with Gasteiger partial charge in [0.05, 0.1) is 0 Å². The van der Waals surface area contributed by atoms with Crippen LogP contribution in [0, 0.1) is 0 Å². The van der Waals surface area contributed by atoms with Crippen molar-refractivity contribution in [3.8, 4) is 0 Å². The van der Waals surface area contributed by atoms with Crippen molar-refractivity contribution in [2.45, 2.75) is 0 Å². The molecular weight excluding hydrogens is 168 g/mol. The fraction of sp³-hybridized carbons (Fsp3) is 0. The summed E-state index contributed by atoms with van der Waals surface area (Å²) in [6, 6.07) is 8.29. The van der Waals surface area contributed by atoms with E-state index in [2.05, 4.69) is 9.98 Å². The average molecular weight is 174 g/mol. The number of carbonyl (C=O) groups is 1. The molecular formula is C9H6N2O2. The van der Waals surface area contributed by atoms with E-state index >= 15 is 0 Å². The Hall–Kier alpha value is -1.97. The van der Waals surface area contributed by atoms with Crippen LogP contribution in [0.15, 0.2) is 40.3 Å². The van der Waals surface area contributed by atoms with E-state index in [-0.39, 0.29) is 11.6 Å². The molecule has 1 aromatic rings. The number of carbonyl (C=O) groups excluding carboxylic acids is 1. The zero-order valence-corrected chi connectivity index (χ0v) is 6.64. The van der Waals surface area contributed by atoms with E-state index in [1.54, 1.807) is 24.3 Å². The van der Waals surface area contributed by atoms with Crippen LogP contribution in [0.3, 0.4) is 0 Å². The summed E-state index contributed by atoms with van der Waals surface area (Å²) in [6.07, 6.45) is 0. The van der Waals surface area contributed by atoms with Gasteiger partial charge < -0.3 is 5.11 Å². The van der Waals surface area contributed by atoms with Gasteiger partial charge in [-0.25, -0.2) is 4.79 Å². The predicted molar refractivity (Wildman–Crippen MR) is 48.4 cm³/mol. The smallest absolute Gasteiger partial charge is 0.371 e. The molecule has 0 unspecified atom stereocenters. The van der Waals surface area contributed by atoms with Crippen LogP contribution in [0.4, 0.5) is 4.79 Å². The maximum Gasteiger partial charge on any atom is 0.371 e. The first-order valence-corrected chi connectivity index (χ1v) is 3.73. The molecule has 13 heavy (non-hydrogen) atoms. The van der Waals surface area contributed by atoms with Gasteiger partial charge in [-0.05, 0) is 0 Å².